The molecule has 1 saturated carbocycles. The molecule has 138 valence electrons. The number of aliphatic hydroxyl groups excluding tert-OH is 1. The number of carbonyl (C=O) groups excluding carboxylic acids is 1. The van der Waals surface area contributed by atoms with Gasteiger partial charge in [-0.2, -0.15) is 0 Å². The van der Waals surface area contributed by atoms with E-state index in [0.29, 0.717) is 18.5 Å². The quantitative estimate of drug-likeness (QED) is 0.441. The van der Waals surface area contributed by atoms with E-state index in [-0.39, 0.29) is 18.6 Å². The highest BCUT2D eigenvalue weighted by Crippen LogP contribution is 2.18. The van der Waals surface area contributed by atoms with Crippen molar-refractivity contribution in [1.29, 1.82) is 0 Å². The van der Waals surface area contributed by atoms with Crippen LogP contribution in [-0.2, 0) is 11.2 Å². The Morgan fingerprint density at radius 2 is 1.88 bits per heavy atom. The van der Waals surface area contributed by atoms with Crippen molar-refractivity contribution in [2.45, 2.75) is 51.2 Å². The first-order chi connectivity index (χ1) is 12.2. The molecule has 1 fully saturated rings. The topological polar surface area (TPSA) is 85.8 Å². The van der Waals surface area contributed by atoms with Gasteiger partial charge in [0.25, 0.3) is 0 Å². The number of guanidine groups is 1. The summed E-state index contributed by atoms with van der Waals surface area (Å²) in [7, 11) is 0. The molecule has 0 radical (unpaired) electrons. The minimum Gasteiger partial charge on any atom is -0.393 e. The second kappa shape index (κ2) is 10.7. The van der Waals surface area contributed by atoms with Crippen LogP contribution < -0.4 is 16.0 Å². The zero-order chi connectivity index (χ0) is 17.9. The molecule has 0 bridgehead atoms. The molecule has 1 aromatic carbocycles. The van der Waals surface area contributed by atoms with Crippen LogP contribution in [-0.4, -0.2) is 48.8 Å². The molecule has 25 heavy (non-hydrogen) atoms. The fraction of sp³-hybridized carbons (Fsp3) is 0.579. The minimum atomic E-state index is -0.173. The van der Waals surface area contributed by atoms with Crippen molar-refractivity contribution in [1.82, 2.24) is 16.0 Å². The molecule has 6 nitrogen and oxygen atoms in total. The highest BCUT2D eigenvalue weighted by atomic mass is 16.3. The van der Waals surface area contributed by atoms with Gasteiger partial charge in [-0.25, -0.2) is 4.99 Å². The average molecular weight is 346 g/mol. The van der Waals surface area contributed by atoms with Crippen LogP contribution in [0.25, 0.3) is 0 Å². The number of nitrogens with zero attached hydrogens (tertiary/aromatic N) is 1. The molecule has 0 aliphatic heterocycles. The van der Waals surface area contributed by atoms with Crippen LogP contribution >= 0.6 is 0 Å². The molecular weight excluding hydrogens is 316 g/mol. The summed E-state index contributed by atoms with van der Waals surface area (Å²) in [5, 5.41) is 19.0. The summed E-state index contributed by atoms with van der Waals surface area (Å²) in [4.78, 5) is 16.3. The smallest absolute Gasteiger partial charge is 0.241 e. The Morgan fingerprint density at radius 1 is 1.16 bits per heavy atom. The highest BCUT2D eigenvalue weighted by molar-refractivity contribution is 5.85. The standard InChI is InChI=1S/C19H30N4O2/c1-2-20-19(23-16-8-10-17(24)11-9-16)22-14-18(25)21-13-12-15-6-4-3-5-7-15/h3-7,16-17,24H,2,8-14H2,1H3,(H,21,25)(H2,20,22,23). The Bertz CT molecular complexity index is 540. The molecule has 0 atom stereocenters. The normalized spacial score (nSPS) is 20.8. The maximum Gasteiger partial charge on any atom is 0.241 e. The molecule has 0 spiro atoms. The third-order valence-electron chi connectivity index (χ3n) is 4.34. The Kier molecular flexibility index (Phi) is 8.25. The van der Waals surface area contributed by atoms with Gasteiger partial charge < -0.3 is 21.1 Å². The fourth-order valence-corrected chi connectivity index (χ4v) is 2.93. The van der Waals surface area contributed by atoms with Crippen molar-refractivity contribution in [2.24, 2.45) is 4.99 Å². The zero-order valence-electron chi connectivity index (χ0n) is 15.0. The van der Waals surface area contributed by atoms with E-state index in [1.807, 2.05) is 25.1 Å². The first-order valence-corrected chi connectivity index (χ1v) is 9.21. The maximum absolute atomic E-state index is 12.0. The van der Waals surface area contributed by atoms with Gasteiger partial charge in [0.15, 0.2) is 5.96 Å². The fourth-order valence-electron chi connectivity index (χ4n) is 2.93. The number of nitrogens with one attached hydrogen (secondary N) is 3. The van der Waals surface area contributed by atoms with Crippen molar-refractivity contribution < 1.29 is 9.90 Å². The number of hydrogen-bond donors (Lipinski definition) is 4. The van der Waals surface area contributed by atoms with E-state index in [1.165, 1.54) is 5.56 Å². The maximum atomic E-state index is 12.0. The van der Waals surface area contributed by atoms with Crippen molar-refractivity contribution in [3.05, 3.63) is 35.9 Å². The Balaban J connectivity index is 1.72. The third-order valence-corrected chi connectivity index (χ3v) is 4.34. The molecule has 6 heteroatoms. The molecule has 2 rings (SSSR count). The SMILES string of the molecule is CCNC(=NCC(=O)NCCc1ccccc1)NC1CCC(O)CC1. The summed E-state index contributed by atoms with van der Waals surface area (Å²) in [6, 6.07) is 10.4. The minimum absolute atomic E-state index is 0.0767. The van der Waals surface area contributed by atoms with E-state index < -0.39 is 0 Å². The van der Waals surface area contributed by atoms with Gasteiger partial charge in [-0.1, -0.05) is 30.3 Å². The van der Waals surface area contributed by atoms with Crippen LogP contribution in [0, 0.1) is 0 Å². The predicted molar refractivity (Wildman–Crippen MR) is 101 cm³/mol. The summed E-state index contributed by atoms with van der Waals surface area (Å²) in [6.45, 7) is 3.47. The van der Waals surface area contributed by atoms with Gasteiger partial charge in [-0.05, 0) is 44.6 Å². The number of benzene rings is 1. The molecule has 1 aromatic rings. The molecule has 1 amide bonds. The first kappa shape index (κ1) is 19.2. The molecule has 0 heterocycles. The molecule has 1 aliphatic carbocycles. The lowest BCUT2D eigenvalue weighted by molar-refractivity contribution is -0.119. The lowest BCUT2D eigenvalue weighted by Gasteiger charge is -2.27. The van der Waals surface area contributed by atoms with Crippen LogP contribution in [0.5, 0.6) is 0 Å². The van der Waals surface area contributed by atoms with Crippen LogP contribution in [0.15, 0.2) is 35.3 Å². The van der Waals surface area contributed by atoms with Crippen LogP contribution in [0.3, 0.4) is 0 Å². The monoisotopic (exact) mass is 346 g/mol. The highest BCUT2D eigenvalue weighted by Gasteiger charge is 2.20. The summed E-state index contributed by atoms with van der Waals surface area (Å²) < 4.78 is 0. The summed E-state index contributed by atoms with van der Waals surface area (Å²) >= 11 is 0. The van der Waals surface area contributed by atoms with Crippen LogP contribution in [0.2, 0.25) is 0 Å². The van der Waals surface area contributed by atoms with Gasteiger partial charge in [-0.3, -0.25) is 4.79 Å². The van der Waals surface area contributed by atoms with Gasteiger partial charge in [0.05, 0.1) is 6.10 Å². The number of aliphatic imine (C=N–C) groups is 1. The largest absolute Gasteiger partial charge is 0.393 e. The van der Waals surface area contributed by atoms with Gasteiger partial charge in [-0.15, -0.1) is 0 Å². The van der Waals surface area contributed by atoms with Crippen molar-refractivity contribution >= 4 is 11.9 Å². The van der Waals surface area contributed by atoms with Crippen LogP contribution in [0.1, 0.15) is 38.2 Å². The van der Waals surface area contributed by atoms with E-state index in [9.17, 15) is 9.90 Å². The number of aliphatic hydroxyl groups is 1. The van der Waals surface area contributed by atoms with Gasteiger partial charge >= 0.3 is 0 Å². The Hall–Kier alpha value is -2.08. The summed E-state index contributed by atoms with van der Waals surface area (Å²) in [5.74, 6) is 0.592. The Labute approximate surface area is 150 Å². The van der Waals surface area contributed by atoms with Gasteiger partial charge in [0.2, 0.25) is 5.91 Å². The molecule has 1 aliphatic rings. The second-order valence-electron chi connectivity index (χ2n) is 6.43. The van der Waals surface area contributed by atoms with Gasteiger partial charge in [0, 0.05) is 19.1 Å². The molecular formula is C19H30N4O2. The number of rotatable bonds is 7. The lowest BCUT2D eigenvalue weighted by atomic mass is 9.93. The van der Waals surface area contributed by atoms with Crippen LogP contribution in [0.4, 0.5) is 0 Å². The zero-order valence-corrected chi connectivity index (χ0v) is 15.0. The van der Waals surface area contributed by atoms with E-state index in [4.69, 9.17) is 0 Å². The molecule has 0 saturated heterocycles. The van der Waals surface area contributed by atoms with E-state index in [2.05, 4.69) is 33.1 Å². The van der Waals surface area contributed by atoms with Gasteiger partial charge in [0.1, 0.15) is 6.54 Å². The molecule has 4 N–H and O–H groups in total. The second-order valence-corrected chi connectivity index (χ2v) is 6.43. The third kappa shape index (κ3) is 7.56. The molecule has 0 aromatic heterocycles. The number of amides is 1. The van der Waals surface area contributed by atoms with Crippen molar-refractivity contribution in [2.75, 3.05) is 19.6 Å². The van der Waals surface area contributed by atoms with E-state index >= 15 is 0 Å². The van der Waals surface area contributed by atoms with E-state index in [1.54, 1.807) is 0 Å². The van der Waals surface area contributed by atoms with Crippen molar-refractivity contribution in [3.8, 4) is 0 Å². The van der Waals surface area contributed by atoms with E-state index in [0.717, 1.165) is 38.6 Å². The summed E-state index contributed by atoms with van der Waals surface area (Å²) in [5.41, 5.74) is 1.21. The summed E-state index contributed by atoms with van der Waals surface area (Å²) in [6.07, 6.45) is 4.13. The lowest BCUT2D eigenvalue weighted by Crippen LogP contribution is -2.45. The predicted octanol–water partition coefficient (Wildman–Crippen LogP) is 1.20. The first-order valence-electron chi connectivity index (χ1n) is 9.21. The Morgan fingerprint density at radius 3 is 2.56 bits per heavy atom. The van der Waals surface area contributed by atoms with Crippen molar-refractivity contribution in [3.63, 3.8) is 0 Å². The number of carbonyl (C=O) groups is 1. The molecule has 0 unspecified atom stereocenters. The average Bonchev–Trinajstić information content (AvgIpc) is 2.63. The number of hydrogen-bond acceptors (Lipinski definition) is 3.